The third-order valence-corrected chi connectivity index (χ3v) is 16.6. The molecule has 2 unspecified atom stereocenters. The first-order valence-corrected chi connectivity index (χ1v) is 36.2. The standard InChI is InChI=1S/C70H134NO8P/c1-6-8-10-12-14-16-18-20-22-23-24-25-26-27-28-29-30-31-32-33-34-35-36-37-38-39-40-41-42-43-44-45-46-47-49-50-52-54-56-58-60-62-69(72)76-66-68(67-78-80(74,75)77-65-64-71(3,4)5)79-70(73)63-61-59-57-55-53-51-48-21-19-17-15-13-11-9-7-2/h15,17,21,23-24,48,68H,6-14,16,18-20,22,25-47,49-67H2,1-5H3/p+1/b17-15-,24-23-,48-21-. The Morgan fingerprint density at radius 3 is 1.02 bits per heavy atom. The smallest absolute Gasteiger partial charge is 0.462 e. The summed E-state index contributed by atoms with van der Waals surface area (Å²) in [7, 11) is 1.48. The van der Waals surface area contributed by atoms with E-state index in [4.69, 9.17) is 18.5 Å². The first-order valence-electron chi connectivity index (χ1n) is 34.7. The van der Waals surface area contributed by atoms with Crippen LogP contribution in [0.4, 0.5) is 0 Å². The molecule has 0 fully saturated rings. The fraction of sp³-hybridized carbons (Fsp3) is 0.886. The Hall–Kier alpha value is -1.77. The topological polar surface area (TPSA) is 108 Å². The number of quaternary nitrogens is 1. The Bertz CT molecular complexity index is 1440. The zero-order valence-electron chi connectivity index (χ0n) is 53.8. The molecular weight excluding hydrogens is 1010 g/mol. The van der Waals surface area contributed by atoms with Crippen molar-refractivity contribution in [3.8, 4) is 0 Å². The van der Waals surface area contributed by atoms with E-state index in [-0.39, 0.29) is 25.6 Å². The van der Waals surface area contributed by atoms with E-state index in [1.165, 1.54) is 257 Å². The van der Waals surface area contributed by atoms with Gasteiger partial charge < -0.3 is 18.9 Å². The van der Waals surface area contributed by atoms with E-state index in [9.17, 15) is 19.0 Å². The van der Waals surface area contributed by atoms with Gasteiger partial charge in [-0.3, -0.25) is 18.6 Å². The van der Waals surface area contributed by atoms with E-state index in [2.05, 4.69) is 50.3 Å². The average Bonchev–Trinajstić information content (AvgIpc) is 3.42. The van der Waals surface area contributed by atoms with Crippen LogP contribution in [0.1, 0.15) is 348 Å². The van der Waals surface area contributed by atoms with E-state index < -0.39 is 26.5 Å². The number of carbonyl (C=O) groups is 2. The molecule has 0 aromatic heterocycles. The molecule has 0 rings (SSSR count). The van der Waals surface area contributed by atoms with Gasteiger partial charge in [-0.05, 0) is 70.6 Å². The number of carbonyl (C=O) groups excluding carboxylic acids is 2. The largest absolute Gasteiger partial charge is 0.472 e. The SMILES string of the molecule is CCCCC/C=C\C/C=C\CCCCCCCC(=O)OC(COC(=O)CCCCCCCCCCCCCCCCCCCCCCCCCCCCCCC/C=C\CCCCCCCCCC)COP(=O)(O)OCC[N+](C)(C)C. The highest BCUT2D eigenvalue weighted by Crippen LogP contribution is 2.43. The monoisotopic (exact) mass is 1150 g/mol. The molecule has 0 amide bonds. The van der Waals surface area contributed by atoms with Crippen LogP contribution in [0.3, 0.4) is 0 Å². The van der Waals surface area contributed by atoms with Crippen molar-refractivity contribution in [1.82, 2.24) is 0 Å². The average molecular weight is 1150 g/mol. The molecule has 0 heterocycles. The lowest BCUT2D eigenvalue weighted by molar-refractivity contribution is -0.870. The van der Waals surface area contributed by atoms with Crippen LogP contribution >= 0.6 is 7.82 Å². The summed E-state index contributed by atoms with van der Waals surface area (Å²) in [5, 5.41) is 0. The van der Waals surface area contributed by atoms with E-state index >= 15 is 0 Å². The molecule has 0 radical (unpaired) electrons. The summed E-state index contributed by atoms with van der Waals surface area (Å²) in [6, 6.07) is 0. The van der Waals surface area contributed by atoms with Gasteiger partial charge in [0.25, 0.3) is 0 Å². The molecule has 80 heavy (non-hydrogen) atoms. The Morgan fingerprint density at radius 1 is 0.388 bits per heavy atom. The van der Waals surface area contributed by atoms with Crippen LogP contribution < -0.4 is 0 Å². The van der Waals surface area contributed by atoms with Crippen LogP contribution in [0.15, 0.2) is 36.5 Å². The molecule has 0 bridgehead atoms. The zero-order valence-corrected chi connectivity index (χ0v) is 54.7. The van der Waals surface area contributed by atoms with Gasteiger partial charge in [-0.2, -0.15) is 0 Å². The van der Waals surface area contributed by atoms with Crippen LogP contribution in [-0.2, 0) is 32.7 Å². The summed E-state index contributed by atoms with van der Waals surface area (Å²) >= 11 is 0. The molecular formula is C70H135NO8P+. The van der Waals surface area contributed by atoms with Crippen molar-refractivity contribution in [2.45, 2.75) is 354 Å². The normalized spacial score (nSPS) is 13.3. The van der Waals surface area contributed by atoms with E-state index in [0.29, 0.717) is 23.9 Å². The minimum absolute atomic E-state index is 0.0305. The maximum Gasteiger partial charge on any atom is 0.472 e. The molecule has 472 valence electrons. The summed E-state index contributed by atoms with van der Waals surface area (Å²) in [5.74, 6) is -0.799. The quantitative estimate of drug-likeness (QED) is 0.0211. The number of unbranched alkanes of at least 4 members (excludes halogenated alkanes) is 45. The molecule has 2 atom stereocenters. The van der Waals surface area contributed by atoms with E-state index in [1.54, 1.807) is 0 Å². The lowest BCUT2D eigenvalue weighted by atomic mass is 10.0. The second-order valence-electron chi connectivity index (χ2n) is 24.9. The maximum atomic E-state index is 12.8. The molecule has 0 saturated heterocycles. The molecule has 0 aromatic rings. The van der Waals surface area contributed by atoms with E-state index in [0.717, 1.165) is 57.8 Å². The van der Waals surface area contributed by atoms with Gasteiger partial charge in [0.05, 0.1) is 27.7 Å². The van der Waals surface area contributed by atoms with Crippen LogP contribution in [0.2, 0.25) is 0 Å². The summed E-state index contributed by atoms with van der Waals surface area (Å²) in [4.78, 5) is 35.7. The van der Waals surface area contributed by atoms with Gasteiger partial charge in [0.2, 0.25) is 0 Å². The first-order chi connectivity index (χ1) is 39.0. The summed E-state index contributed by atoms with van der Waals surface area (Å²) in [6.07, 6.45) is 78.6. The van der Waals surface area contributed by atoms with Crippen molar-refractivity contribution in [2.75, 3.05) is 47.5 Å². The second-order valence-corrected chi connectivity index (χ2v) is 26.4. The number of allylic oxidation sites excluding steroid dienone is 6. The molecule has 1 N–H and O–H groups in total. The molecule has 9 nitrogen and oxygen atoms in total. The predicted molar refractivity (Wildman–Crippen MR) is 344 cm³/mol. The summed E-state index contributed by atoms with van der Waals surface area (Å²) in [6.45, 7) is 4.43. The second kappa shape index (κ2) is 61.8. The number of phosphoric ester groups is 1. The number of phosphoric acid groups is 1. The number of nitrogens with zero attached hydrogens (tertiary/aromatic N) is 1. The molecule has 0 saturated carbocycles. The van der Waals surface area contributed by atoms with Crippen molar-refractivity contribution in [3.05, 3.63) is 36.5 Å². The van der Waals surface area contributed by atoms with Crippen molar-refractivity contribution >= 4 is 19.8 Å². The van der Waals surface area contributed by atoms with E-state index in [1.807, 2.05) is 21.1 Å². The van der Waals surface area contributed by atoms with Gasteiger partial charge in [0.15, 0.2) is 6.10 Å². The number of likely N-dealkylation sites (N-methyl/N-ethyl adjacent to an activating group) is 1. The zero-order chi connectivity index (χ0) is 58.4. The lowest BCUT2D eigenvalue weighted by Crippen LogP contribution is -2.37. The van der Waals surface area contributed by atoms with Crippen molar-refractivity contribution < 1.29 is 42.1 Å². The summed E-state index contributed by atoms with van der Waals surface area (Å²) < 4.78 is 34.6. The number of rotatable bonds is 65. The fourth-order valence-corrected chi connectivity index (χ4v) is 11.0. The Labute approximate surface area is 497 Å². The molecule has 0 aromatic carbocycles. The highest BCUT2D eigenvalue weighted by atomic mass is 31.2. The lowest BCUT2D eigenvalue weighted by Gasteiger charge is -2.24. The number of hydrogen-bond acceptors (Lipinski definition) is 7. The highest BCUT2D eigenvalue weighted by molar-refractivity contribution is 7.47. The Morgan fingerprint density at radius 2 is 0.675 bits per heavy atom. The van der Waals surface area contributed by atoms with Gasteiger partial charge >= 0.3 is 19.8 Å². The van der Waals surface area contributed by atoms with Crippen molar-refractivity contribution in [2.24, 2.45) is 0 Å². The fourth-order valence-electron chi connectivity index (χ4n) is 10.3. The number of hydrogen-bond donors (Lipinski definition) is 1. The van der Waals surface area contributed by atoms with Crippen LogP contribution in [-0.4, -0.2) is 74.9 Å². The third-order valence-electron chi connectivity index (χ3n) is 15.6. The minimum atomic E-state index is -4.39. The first kappa shape index (κ1) is 78.2. The van der Waals surface area contributed by atoms with Crippen LogP contribution in [0.5, 0.6) is 0 Å². The Balaban J connectivity index is 3.82. The van der Waals surface area contributed by atoms with Gasteiger partial charge in [0.1, 0.15) is 19.8 Å². The Kier molecular flexibility index (Phi) is 60.4. The highest BCUT2D eigenvalue weighted by Gasteiger charge is 2.27. The molecule has 0 aliphatic heterocycles. The van der Waals surface area contributed by atoms with Crippen molar-refractivity contribution in [1.29, 1.82) is 0 Å². The molecule has 0 spiro atoms. The van der Waals surface area contributed by atoms with Gasteiger partial charge in [-0.1, -0.05) is 301 Å². The molecule has 0 aliphatic carbocycles. The number of ether oxygens (including phenoxy) is 2. The van der Waals surface area contributed by atoms with Crippen LogP contribution in [0.25, 0.3) is 0 Å². The molecule has 0 aliphatic rings. The van der Waals surface area contributed by atoms with Gasteiger partial charge in [0, 0.05) is 12.8 Å². The third kappa shape index (κ3) is 65.4. The van der Waals surface area contributed by atoms with Crippen LogP contribution in [0, 0.1) is 0 Å². The maximum absolute atomic E-state index is 12.8. The number of esters is 2. The van der Waals surface area contributed by atoms with Gasteiger partial charge in [-0.25, -0.2) is 4.57 Å². The summed E-state index contributed by atoms with van der Waals surface area (Å²) in [5.41, 5.74) is 0. The minimum Gasteiger partial charge on any atom is -0.462 e. The predicted octanol–water partition coefficient (Wildman–Crippen LogP) is 22.3. The van der Waals surface area contributed by atoms with Gasteiger partial charge in [-0.15, -0.1) is 0 Å². The van der Waals surface area contributed by atoms with Crippen molar-refractivity contribution in [3.63, 3.8) is 0 Å². The molecule has 10 heteroatoms.